The number of nitrogens with one attached hydrogen (secondary N) is 2. The number of benzene rings is 1. The predicted octanol–water partition coefficient (Wildman–Crippen LogP) is 1.30. The highest BCUT2D eigenvalue weighted by atomic mass is 35.5. The number of unbranched alkanes of at least 4 members (excludes halogenated alkanes) is 1. The molecule has 0 aromatic heterocycles. The molecular weight excluding hydrogens is 294 g/mol. The molecule has 0 radical (unpaired) electrons. The number of amides is 2. The average Bonchev–Trinajstić information content (AvgIpc) is 2.45. The van der Waals surface area contributed by atoms with Crippen LogP contribution in [-0.2, 0) is 9.59 Å². The number of halogens is 1. The maximum absolute atomic E-state index is 11.6. The highest BCUT2D eigenvalue weighted by molar-refractivity contribution is 5.94. The molecule has 1 aromatic rings. The molecular formula is C14H22ClN3O3. The molecule has 0 atom stereocenters. The molecule has 0 heterocycles. The maximum atomic E-state index is 11.6. The minimum absolute atomic E-state index is 0. The van der Waals surface area contributed by atoms with Gasteiger partial charge in [0.25, 0.3) is 0 Å². The van der Waals surface area contributed by atoms with Crippen molar-refractivity contribution in [2.45, 2.75) is 19.8 Å². The number of nitrogens with two attached hydrogens (primary N) is 1. The van der Waals surface area contributed by atoms with Crippen LogP contribution in [0.1, 0.15) is 19.8 Å². The third-order valence-electron chi connectivity index (χ3n) is 2.52. The largest absolute Gasteiger partial charge is 0.494 e. The Kier molecular flexibility index (Phi) is 10.0. The molecule has 0 aliphatic carbocycles. The Bertz CT molecular complexity index is 455. The van der Waals surface area contributed by atoms with Gasteiger partial charge < -0.3 is 21.1 Å². The van der Waals surface area contributed by atoms with Crippen molar-refractivity contribution in [2.24, 2.45) is 5.73 Å². The van der Waals surface area contributed by atoms with Crippen molar-refractivity contribution in [2.75, 3.05) is 25.0 Å². The summed E-state index contributed by atoms with van der Waals surface area (Å²) in [6.45, 7) is 2.51. The van der Waals surface area contributed by atoms with Crippen molar-refractivity contribution in [3.05, 3.63) is 24.3 Å². The van der Waals surface area contributed by atoms with Gasteiger partial charge in [-0.15, -0.1) is 12.4 Å². The SMILES string of the molecule is CCCCOc1cccc(NC(=O)CNC(=O)CN)c1.Cl. The van der Waals surface area contributed by atoms with E-state index in [-0.39, 0.29) is 37.3 Å². The summed E-state index contributed by atoms with van der Waals surface area (Å²) in [5.74, 6) is 0.0385. The first-order valence-corrected chi connectivity index (χ1v) is 6.65. The van der Waals surface area contributed by atoms with E-state index in [1.165, 1.54) is 0 Å². The molecule has 0 fully saturated rings. The Morgan fingerprint density at radius 2 is 2.05 bits per heavy atom. The highest BCUT2D eigenvalue weighted by Crippen LogP contribution is 2.17. The molecule has 6 nitrogen and oxygen atoms in total. The van der Waals surface area contributed by atoms with Gasteiger partial charge in [-0.05, 0) is 18.6 Å². The molecule has 0 aliphatic heterocycles. The zero-order valence-electron chi connectivity index (χ0n) is 12.1. The van der Waals surface area contributed by atoms with Crippen LogP contribution in [0, 0.1) is 0 Å². The zero-order chi connectivity index (χ0) is 14.8. The van der Waals surface area contributed by atoms with Crippen LogP contribution >= 0.6 is 12.4 Å². The van der Waals surface area contributed by atoms with Gasteiger partial charge in [-0.1, -0.05) is 19.4 Å². The Labute approximate surface area is 130 Å². The molecule has 0 saturated carbocycles. The van der Waals surface area contributed by atoms with Gasteiger partial charge in [0.05, 0.1) is 19.7 Å². The summed E-state index contributed by atoms with van der Waals surface area (Å²) in [7, 11) is 0. The van der Waals surface area contributed by atoms with Crippen LogP contribution < -0.4 is 21.1 Å². The van der Waals surface area contributed by atoms with Crippen LogP contribution in [0.2, 0.25) is 0 Å². The normalized spacial score (nSPS) is 9.43. The molecule has 4 N–H and O–H groups in total. The fourth-order valence-corrected chi connectivity index (χ4v) is 1.45. The summed E-state index contributed by atoms with van der Waals surface area (Å²) in [6.07, 6.45) is 2.05. The molecule has 2 amide bonds. The summed E-state index contributed by atoms with van der Waals surface area (Å²) in [4.78, 5) is 22.5. The fraction of sp³-hybridized carbons (Fsp3) is 0.429. The van der Waals surface area contributed by atoms with Crippen LogP contribution in [-0.4, -0.2) is 31.5 Å². The molecule has 0 unspecified atom stereocenters. The smallest absolute Gasteiger partial charge is 0.243 e. The third kappa shape index (κ3) is 8.16. The Morgan fingerprint density at radius 3 is 2.71 bits per heavy atom. The summed E-state index contributed by atoms with van der Waals surface area (Å²) < 4.78 is 5.55. The summed E-state index contributed by atoms with van der Waals surface area (Å²) >= 11 is 0. The van der Waals surface area contributed by atoms with Crippen molar-refractivity contribution >= 4 is 29.9 Å². The van der Waals surface area contributed by atoms with Crippen molar-refractivity contribution < 1.29 is 14.3 Å². The van der Waals surface area contributed by atoms with Gasteiger partial charge in [0, 0.05) is 11.8 Å². The van der Waals surface area contributed by atoms with E-state index in [1.54, 1.807) is 18.2 Å². The van der Waals surface area contributed by atoms with E-state index in [2.05, 4.69) is 17.6 Å². The first-order valence-electron chi connectivity index (χ1n) is 6.65. The molecule has 1 rings (SSSR count). The summed E-state index contributed by atoms with van der Waals surface area (Å²) in [6, 6.07) is 7.14. The van der Waals surface area contributed by atoms with Gasteiger partial charge in [0.1, 0.15) is 5.75 Å². The lowest BCUT2D eigenvalue weighted by atomic mass is 10.3. The van der Waals surface area contributed by atoms with Gasteiger partial charge in [0.2, 0.25) is 11.8 Å². The Hall–Kier alpha value is -1.79. The lowest BCUT2D eigenvalue weighted by molar-refractivity contribution is -0.123. The standard InChI is InChI=1S/C14H21N3O3.ClH/c1-2-3-7-20-12-6-4-5-11(8-12)17-14(19)10-16-13(18)9-15;/h4-6,8H,2-3,7,9-10,15H2,1H3,(H,16,18)(H,17,19);1H. The zero-order valence-corrected chi connectivity index (χ0v) is 12.9. The third-order valence-corrected chi connectivity index (χ3v) is 2.52. The number of carbonyl (C=O) groups excluding carboxylic acids is 2. The first kappa shape index (κ1) is 19.2. The number of carbonyl (C=O) groups is 2. The van der Waals surface area contributed by atoms with Crippen LogP contribution in [0.25, 0.3) is 0 Å². The molecule has 0 bridgehead atoms. The van der Waals surface area contributed by atoms with Crippen LogP contribution in [0.15, 0.2) is 24.3 Å². The number of ether oxygens (including phenoxy) is 1. The molecule has 1 aromatic carbocycles. The minimum atomic E-state index is -0.364. The molecule has 0 spiro atoms. The molecule has 0 saturated heterocycles. The Morgan fingerprint density at radius 1 is 1.29 bits per heavy atom. The second-order valence-electron chi connectivity index (χ2n) is 4.26. The Balaban J connectivity index is 0.00000400. The van der Waals surface area contributed by atoms with E-state index in [4.69, 9.17) is 10.5 Å². The number of rotatable bonds is 8. The van der Waals surface area contributed by atoms with Crippen LogP contribution in [0.5, 0.6) is 5.75 Å². The maximum Gasteiger partial charge on any atom is 0.243 e. The fourth-order valence-electron chi connectivity index (χ4n) is 1.45. The van der Waals surface area contributed by atoms with E-state index >= 15 is 0 Å². The van der Waals surface area contributed by atoms with Crippen LogP contribution in [0.4, 0.5) is 5.69 Å². The second-order valence-corrected chi connectivity index (χ2v) is 4.26. The lowest BCUT2D eigenvalue weighted by Gasteiger charge is -2.09. The van der Waals surface area contributed by atoms with Crippen LogP contribution in [0.3, 0.4) is 0 Å². The number of hydrogen-bond acceptors (Lipinski definition) is 4. The van der Waals surface area contributed by atoms with Crippen molar-refractivity contribution in [3.8, 4) is 5.75 Å². The second kappa shape index (κ2) is 10.9. The van der Waals surface area contributed by atoms with E-state index in [0.717, 1.165) is 12.8 Å². The number of hydrogen-bond donors (Lipinski definition) is 3. The van der Waals surface area contributed by atoms with Gasteiger partial charge in [-0.25, -0.2) is 0 Å². The summed E-state index contributed by atoms with van der Waals surface area (Å²) in [5.41, 5.74) is 5.76. The molecule has 21 heavy (non-hydrogen) atoms. The van der Waals surface area contributed by atoms with Crippen molar-refractivity contribution in [3.63, 3.8) is 0 Å². The molecule has 0 aliphatic rings. The van der Waals surface area contributed by atoms with Crippen molar-refractivity contribution in [1.29, 1.82) is 0 Å². The molecule has 118 valence electrons. The first-order chi connectivity index (χ1) is 9.65. The lowest BCUT2D eigenvalue weighted by Crippen LogP contribution is -2.36. The van der Waals surface area contributed by atoms with E-state index in [0.29, 0.717) is 18.0 Å². The average molecular weight is 316 g/mol. The van der Waals surface area contributed by atoms with Gasteiger partial charge in [-0.3, -0.25) is 9.59 Å². The quantitative estimate of drug-likeness (QED) is 0.630. The van der Waals surface area contributed by atoms with Gasteiger partial charge in [0.15, 0.2) is 0 Å². The number of anilines is 1. The molecule has 7 heteroatoms. The van der Waals surface area contributed by atoms with Gasteiger partial charge >= 0.3 is 0 Å². The minimum Gasteiger partial charge on any atom is -0.494 e. The monoisotopic (exact) mass is 315 g/mol. The predicted molar refractivity (Wildman–Crippen MR) is 84.8 cm³/mol. The van der Waals surface area contributed by atoms with E-state index < -0.39 is 0 Å². The van der Waals surface area contributed by atoms with E-state index in [1.807, 2.05) is 6.07 Å². The van der Waals surface area contributed by atoms with Crippen molar-refractivity contribution in [1.82, 2.24) is 5.32 Å². The van der Waals surface area contributed by atoms with E-state index in [9.17, 15) is 9.59 Å². The highest BCUT2D eigenvalue weighted by Gasteiger charge is 2.05. The topological polar surface area (TPSA) is 93.5 Å². The summed E-state index contributed by atoms with van der Waals surface area (Å²) in [5, 5.41) is 5.08. The van der Waals surface area contributed by atoms with Gasteiger partial charge in [-0.2, -0.15) is 0 Å².